The Morgan fingerprint density at radius 3 is 2.45 bits per heavy atom. The van der Waals surface area contributed by atoms with Gasteiger partial charge in [0, 0.05) is 13.0 Å². The number of carbonyl (C=O) groups is 4. The van der Waals surface area contributed by atoms with Crippen LogP contribution in [-0.4, -0.2) is 80.0 Å². The lowest BCUT2D eigenvalue weighted by atomic mass is 9.89. The van der Waals surface area contributed by atoms with Crippen molar-refractivity contribution in [2.75, 3.05) is 25.6 Å². The molecule has 0 aromatic rings. The van der Waals surface area contributed by atoms with E-state index in [1.807, 2.05) is 0 Å². The molecule has 12 nitrogen and oxygen atoms in total. The number of ether oxygens (including phenoxy) is 2. The lowest BCUT2D eigenvalue weighted by molar-refractivity contribution is -0.154. The molecule has 3 amide bonds. The summed E-state index contributed by atoms with van der Waals surface area (Å²) in [6.45, 7) is 3.24. The minimum absolute atomic E-state index is 0.129. The smallest absolute Gasteiger partial charge is 0.346 e. The van der Waals surface area contributed by atoms with Crippen molar-refractivity contribution in [3.05, 3.63) is 0 Å². The largest absolute Gasteiger partial charge is 0.466 e. The van der Waals surface area contributed by atoms with Crippen molar-refractivity contribution >= 4 is 34.0 Å². The number of nitrogens with one attached hydrogen (secondary N) is 1. The Labute approximate surface area is 193 Å². The van der Waals surface area contributed by atoms with Crippen molar-refractivity contribution in [1.29, 1.82) is 0 Å². The van der Waals surface area contributed by atoms with E-state index in [0.29, 0.717) is 38.5 Å². The van der Waals surface area contributed by atoms with Gasteiger partial charge in [-0.1, -0.05) is 19.8 Å². The summed E-state index contributed by atoms with van der Waals surface area (Å²) in [5, 5.41) is 3.26. The van der Waals surface area contributed by atoms with Crippen molar-refractivity contribution in [2.45, 2.75) is 70.9 Å². The summed E-state index contributed by atoms with van der Waals surface area (Å²) in [6, 6.07) is -2.09. The van der Waals surface area contributed by atoms with Crippen LogP contribution in [0.15, 0.2) is 0 Å². The van der Waals surface area contributed by atoms with Gasteiger partial charge in [-0.15, -0.1) is 4.28 Å². The first-order valence-corrected chi connectivity index (χ1v) is 12.8. The van der Waals surface area contributed by atoms with Crippen molar-refractivity contribution in [1.82, 2.24) is 15.3 Å². The van der Waals surface area contributed by atoms with Crippen LogP contribution in [0.2, 0.25) is 0 Å². The normalized spacial score (nSPS) is 24.0. The van der Waals surface area contributed by atoms with Crippen LogP contribution in [0.3, 0.4) is 0 Å². The van der Waals surface area contributed by atoms with Crippen molar-refractivity contribution in [3.63, 3.8) is 0 Å². The van der Waals surface area contributed by atoms with Gasteiger partial charge in [0.2, 0.25) is 5.91 Å². The predicted octanol–water partition coefficient (Wildman–Crippen LogP) is 0.667. The van der Waals surface area contributed by atoms with Gasteiger partial charge in [0.25, 0.3) is 10.1 Å². The summed E-state index contributed by atoms with van der Waals surface area (Å²) >= 11 is 0. The Bertz CT molecular complexity index is 885. The van der Waals surface area contributed by atoms with Gasteiger partial charge in [0.05, 0.1) is 23.8 Å². The van der Waals surface area contributed by atoms with Crippen LogP contribution in [-0.2, 0) is 38.3 Å². The highest BCUT2D eigenvalue weighted by atomic mass is 32.2. The van der Waals surface area contributed by atoms with E-state index in [1.54, 1.807) is 13.8 Å². The maximum Gasteiger partial charge on any atom is 0.346 e. The lowest BCUT2D eigenvalue weighted by Crippen LogP contribution is -2.50. The first-order chi connectivity index (χ1) is 15.6. The average molecular weight is 490 g/mol. The second-order valence-corrected chi connectivity index (χ2v) is 10.1. The van der Waals surface area contributed by atoms with Crippen molar-refractivity contribution in [3.8, 4) is 0 Å². The summed E-state index contributed by atoms with van der Waals surface area (Å²) in [4.78, 5) is 50.3. The van der Waals surface area contributed by atoms with E-state index in [4.69, 9.17) is 13.8 Å². The monoisotopic (exact) mass is 489 g/mol. The Morgan fingerprint density at radius 2 is 1.82 bits per heavy atom. The third-order valence-electron chi connectivity index (χ3n) is 6.31. The Hall–Kier alpha value is -2.41. The fourth-order valence-electron chi connectivity index (χ4n) is 4.64. The van der Waals surface area contributed by atoms with Crippen LogP contribution in [0, 0.1) is 5.41 Å². The molecule has 0 aromatic carbocycles. The molecule has 2 atom stereocenters. The van der Waals surface area contributed by atoms with Crippen LogP contribution < -0.4 is 5.32 Å². The quantitative estimate of drug-likeness (QED) is 0.345. The molecular weight excluding hydrogens is 458 g/mol. The van der Waals surface area contributed by atoms with Crippen LogP contribution in [0.5, 0.6) is 0 Å². The van der Waals surface area contributed by atoms with Crippen LogP contribution >= 0.6 is 0 Å². The van der Waals surface area contributed by atoms with Gasteiger partial charge in [-0.25, -0.2) is 4.79 Å². The fourth-order valence-corrected chi connectivity index (χ4v) is 6.21. The molecule has 2 aliphatic heterocycles. The number of piperidine rings is 1. The number of amides is 3. The number of hydrogen-bond acceptors (Lipinski definition) is 9. The minimum atomic E-state index is -4.29. The third kappa shape index (κ3) is 5.57. The minimum Gasteiger partial charge on any atom is -0.466 e. The van der Waals surface area contributed by atoms with E-state index in [2.05, 4.69) is 5.32 Å². The Kier molecular flexibility index (Phi) is 7.83. The molecule has 0 unspecified atom stereocenters. The van der Waals surface area contributed by atoms with Crippen molar-refractivity contribution in [2.24, 2.45) is 5.41 Å². The zero-order chi connectivity index (χ0) is 24.2. The average Bonchev–Trinajstić information content (AvgIpc) is 3.33. The summed E-state index contributed by atoms with van der Waals surface area (Å²) < 4.78 is 40.9. The highest BCUT2D eigenvalue weighted by Gasteiger charge is 2.51. The fraction of sp³-hybridized carbons (Fsp3) is 0.800. The molecule has 3 fully saturated rings. The molecule has 186 valence electrons. The second-order valence-electron chi connectivity index (χ2n) is 8.55. The Morgan fingerprint density at radius 1 is 1.12 bits per heavy atom. The predicted molar refractivity (Wildman–Crippen MR) is 113 cm³/mol. The van der Waals surface area contributed by atoms with Crippen LogP contribution in [0.4, 0.5) is 4.79 Å². The number of hydroxylamine groups is 2. The maximum atomic E-state index is 12.9. The summed E-state index contributed by atoms with van der Waals surface area (Å²) in [7, 11) is -4.29. The summed E-state index contributed by atoms with van der Waals surface area (Å²) in [5.74, 6) is -2.10. The molecule has 13 heteroatoms. The number of fused-ring (bicyclic) bond motifs is 2. The molecule has 2 heterocycles. The number of rotatable bonds is 10. The van der Waals surface area contributed by atoms with Crippen molar-refractivity contribution < 1.29 is 41.4 Å². The van der Waals surface area contributed by atoms with E-state index in [9.17, 15) is 27.6 Å². The first-order valence-electron chi connectivity index (χ1n) is 11.2. The molecule has 0 spiro atoms. The van der Waals surface area contributed by atoms with Gasteiger partial charge in [-0.3, -0.25) is 14.4 Å². The number of urea groups is 1. The molecule has 3 rings (SSSR count). The maximum absolute atomic E-state index is 12.9. The number of nitrogens with zero attached hydrogens (tertiary/aromatic N) is 2. The second kappa shape index (κ2) is 10.2. The SMILES string of the molecule is CCOC(=O)C1(CS(=O)(=O)ON2C(=O)N3C[C@H]2CC[C@H]3C(=O)NCOC(=O)CC)CCCC1. The molecule has 0 aromatic heterocycles. The zero-order valence-corrected chi connectivity index (χ0v) is 19.7. The third-order valence-corrected chi connectivity index (χ3v) is 7.60. The highest BCUT2D eigenvalue weighted by Crippen LogP contribution is 2.41. The molecular formula is C20H31N3O9S. The van der Waals surface area contributed by atoms with Gasteiger partial charge in [0.1, 0.15) is 6.04 Å². The zero-order valence-electron chi connectivity index (χ0n) is 18.9. The van der Waals surface area contributed by atoms with Gasteiger partial charge in [0.15, 0.2) is 6.73 Å². The van der Waals surface area contributed by atoms with Gasteiger partial charge in [-0.2, -0.15) is 13.5 Å². The Balaban J connectivity index is 1.63. The van der Waals surface area contributed by atoms with E-state index in [1.165, 1.54) is 4.90 Å². The van der Waals surface area contributed by atoms with Crippen LogP contribution in [0.25, 0.3) is 0 Å². The molecule has 3 aliphatic rings. The highest BCUT2D eigenvalue weighted by molar-refractivity contribution is 7.86. The van der Waals surface area contributed by atoms with E-state index < -0.39 is 57.2 Å². The van der Waals surface area contributed by atoms with E-state index >= 15 is 0 Å². The molecule has 2 bridgehead atoms. The van der Waals surface area contributed by atoms with Gasteiger partial charge in [-0.05, 0) is 32.6 Å². The van der Waals surface area contributed by atoms with Gasteiger partial charge < -0.3 is 19.7 Å². The molecule has 0 radical (unpaired) electrons. The first kappa shape index (κ1) is 25.2. The number of esters is 2. The summed E-state index contributed by atoms with van der Waals surface area (Å²) in [6.07, 6.45) is 3.00. The van der Waals surface area contributed by atoms with Gasteiger partial charge >= 0.3 is 18.0 Å². The summed E-state index contributed by atoms with van der Waals surface area (Å²) in [5.41, 5.74) is -1.18. The topological polar surface area (TPSA) is 149 Å². The number of hydrogen-bond donors (Lipinski definition) is 1. The van der Waals surface area contributed by atoms with E-state index in [-0.39, 0.29) is 26.3 Å². The standard InChI is InChI=1S/C20H31N3O9S/c1-3-16(24)31-13-21-17(25)15-8-7-14-11-22(15)19(27)23(14)32-33(28,29)12-20(9-5-6-10-20)18(26)30-4-2/h14-15H,3-13H2,1-2H3,(H,21,25)/t14-,15+/m1/s1. The lowest BCUT2D eigenvalue weighted by Gasteiger charge is -2.29. The van der Waals surface area contributed by atoms with Crippen LogP contribution in [0.1, 0.15) is 58.8 Å². The molecule has 2 saturated heterocycles. The molecule has 33 heavy (non-hydrogen) atoms. The molecule has 1 saturated carbocycles. The molecule has 1 N–H and O–H groups in total. The number of carbonyl (C=O) groups excluding carboxylic acids is 4. The molecule has 1 aliphatic carbocycles. The van der Waals surface area contributed by atoms with E-state index in [0.717, 1.165) is 5.06 Å².